The standard InChI is InChI=1S/C12H11NO2.ClH/c13-10-3-5-15-12-7-11-8(6-9(10)12)2-1-4-14-11;/h1,3-7,11H,2,13H2;1H. The van der Waals surface area contributed by atoms with E-state index in [0.717, 1.165) is 23.5 Å². The maximum Gasteiger partial charge on any atom is 0.142 e. The highest BCUT2D eigenvalue weighted by molar-refractivity contribution is 5.85. The van der Waals surface area contributed by atoms with E-state index in [9.17, 15) is 0 Å². The minimum Gasteiger partial charge on any atom is -0.490 e. The molecule has 0 radical (unpaired) electrons. The first-order chi connectivity index (χ1) is 7.34. The zero-order valence-electron chi connectivity index (χ0n) is 8.55. The molecule has 0 aromatic carbocycles. The molecule has 0 bridgehead atoms. The van der Waals surface area contributed by atoms with Gasteiger partial charge in [0.2, 0.25) is 0 Å². The average Bonchev–Trinajstić information content (AvgIpc) is 2.27. The Bertz CT molecular complexity index is 458. The molecule has 4 heteroatoms. The third kappa shape index (κ3) is 1.63. The number of fused-ring (bicyclic) bond motifs is 2. The molecule has 0 aromatic heterocycles. The van der Waals surface area contributed by atoms with Crippen molar-refractivity contribution in [3.05, 3.63) is 59.4 Å². The lowest BCUT2D eigenvalue weighted by atomic mass is 9.93. The molecule has 1 unspecified atom stereocenters. The van der Waals surface area contributed by atoms with Gasteiger partial charge in [-0.15, -0.1) is 12.4 Å². The Labute approximate surface area is 100 Å². The van der Waals surface area contributed by atoms with Gasteiger partial charge in [-0.1, -0.05) is 0 Å². The minimum atomic E-state index is 0. The zero-order chi connectivity index (χ0) is 10.3. The van der Waals surface area contributed by atoms with Crippen LogP contribution in [0.4, 0.5) is 0 Å². The SMILES string of the molecule is Cl.NC1=C2C=C3CC=COC3C=C2OC=C1. The molecule has 2 heterocycles. The van der Waals surface area contributed by atoms with Crippen molar-refractivity contribution in [3.63, 3.8) is 0 Å². The molecule has 3 aliphatic rings. The molecule has 0 fully saturated rings. The zero-order valence-corrected chi connectivity index (χ0v) is 9.37. The van der Waals surface area contributed by atoms with Crippen LogP contribution < -0.4 is 5.73 Å². The van der Waals surface area contributed by atoms with E-state index in [-0.39, 0.29) is 18.5 Å². The maximum absolute atomic E-state index is 5.88. The van der Waals surface area contributed by atoms with E-state index in [0.29, 0.717) is 0 Å². The Hall–Kier alpha value is -1.61. The van der Waals surface area contributed by atoms with Crippen LogP contribution >= 0.6 is 12.4 Å². The number of nitrogens with two attached hydrogens (primary N) is 1. The molecule has 16 heavy (non-hydrogen) atoms. The molecule has 3 rings (SSSR count). The van der Waals surface area contributed by atoms with Gasteiger partial charge in [-0.05, 0) is 30.2 Å². The third-order valence-corrected chi connectivity index (χ3v) is 2.69. The molecule has 0 aromatic rings. The Morgan fingerprint density at radius 1 is 1.31 bits per heavy atom. The van der Waals surface area contributed by atoms with Crippen LogP contribution in [0, 0.1) is 0 Å². The van der Waals surface area contributed by atoms with Gasteiger partial charge in [0.05, 0.1) is 12.5 Å². The normalized spacial score (nSPS) is 25.4. The molecule has 84 valence electrons. The van der Waals surface area contributed by atoms with E-state index in [1.165, 1.54) is 5.57 Å². The van der Waals surface area contributed by atoms with Crippen LogP contribution in [0.3, 0.4) is 0 Å². The Morgan fingerprint density at radius 2 is 2.19 bits per heavy atom. The molecule has 0 saturated carbocycles. The van der Waals surface area contributed by atoms with Crippen molar-refractivity contribution in [1.29, 1.82) is 0 Å². The van der Waals surface area contributed by atoms with Gasteiger partial charge in [0, 0.05) is 17.3 Å². The lowest BCUT2D eigenvalue weighted by molar-refractivity contribution is 0.197. The van der Waals surface area contributed by atoms with Crippen molar-refractivity contribution >= 4 is 12.4 Å². The van der Waals surface area contributed by atoms with E-state index in [2.05, 4.69) is 6.08 Å². The fourth-order valence-electron chi connectivity index (χ4n) is 1.90. The third-order valence-electron chi connectivity index (χ3n) is 2.69. The van der Waals surface area contributed by atoms with Crippen molar-refractivity contribution in [1.82, 2.24) is 0 Å². The highest BCUT2D eigenvalue weighted by atomic mass is 35.5. The summed E-state index contributed by atoms with van der Waals surface area (Å²) in [5.41, 5.74) is 8.80. The molecule has 2 aliphatic heterocycles. The Morgan fingerprint density at radius 3 is 3.06 bits per heavy atom. The molecule has 0 saturated heterocycles. The van der Waals surface area contributed by atoms with Crippen LogP contribution in [0.2, 0.25) is 0 Å². The first kappa shape index (κ1) is 10.9. The minimum absolute atomic E-state index is 0. The average molecular weight is 238 g/mol. The molecule has 0 spiro atoms. The molecular weight excluding hydrogens is 226 g/mol. The summed E-state index contributed by atoms with van der Waals surface area (Å²) in [4.78, 5) is 0. The first-order valence-electron chi connectivity index (χ1n) is 4.91. The summed E-state index contributed by atoms with van der Waals surface area (Å²) in [5, 5.41) is 0. The smallest absolute Gasteiger partial charge is 0.142 e. The summed E-state index contributed by atoms with van der Waals surface area (Å²) in [6.07, 6.45) is 12.0. The van der Waals surface area contributed by atoms with Gasteiger partial charge in [0.15, 0.2) is 0 Å². The second kappa shape index (κ2) is 4.10. The highest BCUT2D eigenvalue weighted by Crippen LogP contribution is 2.32. The predicted molar refractivity (Wildman–Crippen MR) is 63.5 cm³/mol. The number of hydrogen-bond acceptors (Lipinski definition) is 3. The summed E-state index contributed by atoms with van der Waals surface area (Å²) in [7, 11) is 0. The van der Waals surface area contributed by atoms with Crippen LogP contribution in [0.5, 0.6) is 0 Å². The van der Waals surface area contributed by atoms with E-state index in [1.807, 2.05) is 12.2 Å². The van der Waals surface area contributed by atoms with Crippen LogP contribution in [0.25, 0.3) is 0 Å². The second-order valence-electron chi connectivity index (χ2n) is 3.67. The number of hydrogen-bond donors (Lipinski definition) is 1. The summed E-state index contributed by atoms with van der Waals surface area (Å²) >= 11 is 0. The monoisotopic (exact) mass is 237 g/mol. The highest BCUT2D eigenvalue weighted by Gasteiger charge is 2.25. The number of rotatable bonds is 0. The van der Waals surface area contributed by atoms with Crippen molar-refractivity contribution < 1.29 is 9.47 Å². The number of ether oxygens (including phenoxy) is 2. The summed E-state index contributed by atoms with van der Waals surface area (Å²) in [6, 6.07) is 0. The van der Waals surface area contributed by atoms with Crippen molar-refractivity contribution in [2.24, 2.45) is 5.73 Å². The lowest BCUT2D eigenvalue weighted by Crippen LogP contribution is -2.20. The summed E-state index contributed by atoms with van der Waals surface area (Å²) < 4.78 is 10.9. The lowest BCUT2D eigenvalue weighted by Gasteiger charge is -2.27. The quantitative estimate of drug-likeness (QED) is 0.703. The van der Waals surface area contributed by atoms with Crippen molar-refractivity contribution in [3.8, 4) is 0 Å². The molecule has 1 aliphatic carbocycles. The van der Waals surface area contributed by atoms with Gasteiger partial charge in [-0.3, -0.25) is 0 Å². The van der Waals surface area contributed by atoms with Gasteiger partial charge >= 0.3 is 0 Å². The second-order valence-corrected chi connectivity index (χ2v) is 3.67. The molecule has 0 amide bonds. The van der Waals surface area contributed by atoms with Crippen molar-refractivity contribution in [2.45, 2.75) is 12.5 Å². The van der Waals surface area contributed by atoms with Crippen molar-refractivity contribution in [2.75, 3.05) is 0 Å². The van der Waals surface area contributed by atoms with E-state index >= 15 is 0 Å². The van der Waals surface area contributed by atoms with Gasteiger partial charge in [0.1, 0.15) is 11.9 Å². The van der Waals surface area contributed by atoms with E-state index in [4.69, 9.17) is 15.2 Å². The Balaban J connectivity index is 0.000000963. The molecule has 1 atom stereocenters. The van der Waals surface area contributed by atoms with Gasteiger partial charge in [0.25, 0.3) is 0 Å². The van der Waals surface area contributed by atoms with Gasteiger partial charge in [-0.2, -0.15) is 0 Å². The van der Waals surface area contributed by atoms with Gasteiger partial charge in [-0.25, -0.2) is 0 Å². The largest absolute Gasteiger partial charge is 0.490 e. The summed E-state index contributed by atoms with van der Waals surface area (Å²) in [6.45, 7) is 0. The van der Waals surface area contributed by atoms with E-state index in [1.54, 1.807) is 18.6 Å². The molecule has 3 nitrogen and oxygen atoms in total. The van der Waals surface area contributed by atoms with Gasteiger partial charge < -0.3 is 15.2 Å². The predicted octanol–water partition coefficient (Wildman–Crippen LogP) is 2.29. The summed E-state index contributed by atoms with van der Waals surface area (Å²) in [5.74, 6) is 0.791. The van der Waals surface area contributed by atoms with Crippen LogP contribution in [0.1, 0.15) is 6.42 Å². The molecular formula is C12H12ClNO2. The first-order valence-corrected chi connectivity index (χ1v) is 4.91. The van der Waals surface area contributed by atoms with Crippen LogP contribution in [0.15, 0.2) is 59.4 Å². The van der Waals surface area contributed by atoms with Crippen LogP contribution in [-0.2, 0) is 9.47 Å². The number of allylic oxidation sites excluding steroid dienone is 3. The fraction of sp³-hybridized carbons (Fsp3) is 0.167. The fourth-order valence-corrected chi connectivity index (χ4v) is 1.90. The van der Waals surface area contributed by atoms with E-state index < -0.39 is 0 Å². The number of halogens is 1. The Kier molecular flexibility index (Phi) is 2.79. The maximum atomic E-state index is 5.88. The van der Waals surface area contributed by atoms with Crippen LogP contribution in [-0.4, -0.2) is 6.10 Å². The topological polar surface area (TPSA) is 44.5 Å². The molecule has 2 N–H and O–H groups in total.